The molecule has 2 aromatic rings. The Bertz CT molecular complexity index is 760. The van der Waals surface area contributed by atoms with E-state index in [0.29, 0.717) is 0 Å². The van der Waals surface area contributed by atoms with Gasteiger partial charge in [0.25, 0.3) is 0 Å². The van der Waals surface area contributed by atoms with Crippen molar-refractivity contribution in [1.82, 2.24) is 0 Å². The Morgan fingerprint density at radius 2 is 0.929 bits per heavy atom. The van der Waals surface area contributed by atoms with Crippen LogP contribution in [0.2, 0.25) is 0 Å². The van der Waals surface area contributed by atoms with E-state index in [-0.39, 0.29) is 11.1 Å². The lowest BCUT2D eigenvalue weighted by Crippen LogP contribution is -2.47. The summed E-state index contributed by atoms with van der Waals surface area (Å²) < 4.78 is 19.4. The average Bonchev–Trinajstić information content (AvgIpc) is 2.75. The molecule has 0 saturated heterocycles. The van der Waals surface area contributed by atoms with Crippen molar-refractivity contribution >= 4 is 23.9 Å². The maximum atomic E-state index is 12.3. The van der Waals surface area contributed by atoms with Gasteiger partial charge in [-0.25, -0.2) is 19.2 Å². The van der Waals surface area contributed by atoms with Crippen LogP contribution in [-0.2, 0) is 28.5 Å². The van der Waals surface area contributed by atoms with E-state index in [1.165, 1.54) is 24.3 Å². The first-order valence-corrected chi connectivity index (χ1v) is 8.15. The largest absolute Gasteiger partial charge is 0.466 e. The molecule has 2 aromatic carbocycles. The molecule has 146 valence electrons. The Balaban J connectivity index is 2.29. The van der Waals surface area contributed by atoms with E-state index >= 15 is 0 Å². The Labute approximate surface area is 161 Å². The highest BCUT2D eigenvalue weighted by Gasteiger charge is 2.42. The fourth-order valence-electron chi connectivity index (χ4n) is 2.21. The van der Waals surface area contributed by atoms with Crippen LogP contribution in [0, 0.1) is 0 Å². The molecule has 28 heavy (non-hydrogen) atoms. The summed E-state index contributed by atoms with van der Waals surface area (Å²) in [5, 5.41) is 0. The van der Waals surface area contributed by atoms with Gasteiger partial charge < -0.3 is 18.9 Å². The first kappa shape index (κ1) is 20.6. The fourth-order valence-corrected chi connectivity index (χ4v) is 2.21. The second-order valence-corrected chi connectivity index (χ2v) is 5.43. The molecule has 0 aromatic heterocycles. The third kappa shape index (κ3) is 5.16. The number of hydrogen-bond acceptors (Lipinski definition) is 8. The minimum Gasteiger partial charge on any atom is -0.466 e. The van der Waals surface area contributed by atoms with E-state index in [1.807, 2.05) is 0 Å². The van der Waals surface area contributed by atoms with Crippen molar-refractivity contribution in [3.05, 3.63) is 71.8 Å². The molecule has 0 unspecified atom stereocenters. The summed E-state index contributed by atoms with van der Waals surface area (Å²) in [6.07, 6.45) is -3.70. The summed E-state index contributed by atoms with van der Waals surface area (Å²) in [5.74, 6) is -3.97. The summed E-state index contributed by atoms with van der Waals surface area (Å²) in [5.41, 5.74) is 0.267. The van der Waals surface area contributed by atoms with Gasteiger partial charge in [-0.1, -0.05) is 36.4 Å². The molecule has 0 aliphatic heterocycles. The van der Waals surface area contributed by atoms with Crippen molar-refractivity contribution in [2.45, 2.75) is 12.2 Å². The molecule has 0 radical (unpaired) electrons. The molecule has 0 amide bonds. The number of carbonyl (C=O) groups excluding carboxylic acids is 4. The molecule has 0 aliphatic rings. The number of hydrogen-bond donors (Lipinski definition) is 0. The normalized spacial score (nSPS) is 12.2. The number of rotatable bonds is 7. The summed E-state index contributed by atoms with van der Waals surface area (Å²) in [7, 11) is 2.08. The van der Waals surface area contributed by atoms with Crippen molar-refractivity contribution in [2.75, 3.05) is 14.2 Å². The number of carbonyl (C=O) groups is 4. The predicted octanol–water partition coefficient (Wildman–Crippen LogP) is 1.78. The van der Waals surface area contributed by atoms with E-state index in [1.54, 1.807) is 36.4 Å². The summed E-state index contributed by atoms with van der Waals surface area (Å²) >= 11 is 0. The van der Waals surface area contributed by atoms with Gasteiger partial charge in [0.1, 0.15) is 0 Å². The van der Waals surface area contributed by atoms with Crippen LogP contribution < -0.4 is 0 Å². The van der Waals surface area contributed by atoms with Crippen LogP contribution in [0.25, 0.3) is 0 Å². The van der Waals surface area contributed by atoms with E-state index in [2.05, 4.69) is 9.47 Å². The lowest BCUT2D eigenvalue weighted by molar-refractivity contribution is -0.170. The highest BCUT2D eigenvalue weighted by Crippen LogP contribution is 2.15. The molecule has 0 aliphatic carbocycles. The van der Waals surface area contributed by atoms with Crippen LogP contribution in [0.15, 0.2) is 60.7 Å². The Kier molecular flexibility index (Phi) is 7.27. The number of ether oxygens (including phenoxy) is 4. The minimum absolute atomic E-state index is 0.134. The van der Waals surface area contributed by atoms with Crippen molar-refractivity contribution < 1.29 is 38.1 Å². The third-order valence-corrected chi connectivity index (χ3v) is 3.63. The molecule has 8 heteroatoms. The van der Waals surface area contributed by atoms with Crippen LogP contribution in [-0.4, -0.2) is 50.3 Å². The van der Waals surface area contributed by atoms with Gasteiger partial charge in [0, 0.05) is 0 Å². The smallest absolute Gasteiger partial charge is 0.351 e. The van der Waals surface area contributed by atoms with Gasteiger partial charge in [0.15, 0.2) is 0 Å². The van der Waals surface area contributed by atoms with Crippen molar-refractivity contribution in [3.8, 4) is 0 Å². The number of methoxy groups -OCH3 is 2. The predicted molar refractivity (Wildman–Crippen MR) is 95.3 cm³/mol. The quantitative estimate of drug-likeness (QED) is 0.524. The van der Waals surface area contributed by atoms with E-state index in [4.69, 9.17) is 9.47 Å². The lowest BCUT2D eigenvalue weighted by Gasteiger charge is -2.23. The van der Waals surface area contributed by atoms with Crippen LogP contribution in [0.4, 0.5) is 0 Å². The summed E-state index contributed by atoms with van der Waals surface area (Å²) in [6, 6.07) is 15.6. The molecular formula is C20H18O8. The van der Waals surface area contributed by atoms with E-state index < -0.39 is 36.1 Å². The van der Waals surface area contributed by atoms with Crippen LogP contribution >= 0.6 is 0 Å². The van der Waals surface area contributed by atoms with Crippen LogP contribution in [0.5, 0.6) is 0 Å². The van der Waals surface area contributed by atoms with Gasteiger partial charge in [0.05, 0.1) is 25.3 Å². The zero-order valence-electron chi connectivity index (χ0n) is 15.2. The average molecular weight is 386 g/mol. The molecule has 2 atom stereocenters. The third-order valence-electron chi connectivity index (χ3n) is 3.63. The maximum absolute atomic E-state index is 12.3. The molecule has 0 bridgehead atoms. The minimum atomic E-state index is -1.85. The standard InChI is InChI=1S/C20H18O8/c1-25-19(23)15(27-17(21)13-9-5-3-6-10-13)16(20(24)26-2)28-18(22)14-11-7-4-8-12-14/h3-12,15-16H,1-2H3/t15-,16-/m0/s1. The first-order chi connectivity index (χ1) is 13.5. The van der Waals surface area contributed by atoms with E-state index in [0.717, 1.165) is 14.2 Å². The summed E-state index contributed by atoms with van der Waals surface area (Å²) in [4.78, 5) is 49.0. The van der Waals surface area contributed by atoms with Gasteiger partial charge in [-0.05, 0) is 24.3 Å². The topological polar surface area (TPSA) is 105 Å². The van der Waals surface area contributed by atoms with E-state index in [9.17, 15) is 19.2 Å². The van der Waals surface area contributed by atoms with Gasteiger partial charge in [0.2, 0.25) is 12.2 Å². The monoisotopic (exact) mass is 386 g/mol. The molecule has 0 saturated carbocycles. The zero-order valence-corrected chi connectivity index (χ0v) is 15.2. The van der Waals surface area contributed by atoms with Crippen molar-refractivity contribution in [3.63, 3.8) is 0 Å². The van der Waals surface area contributed by atoms with Gasteiger partial charge >= 0.3 is 23.9 Å². The van der Waals surface area contributed by atoms with Gasteiger partial charge in [-0.2, -0.15) is 0 Å². The Hall–Kier alpha value is -3.68. The van der Waals surface area contributed by atoms with Crippen molar-refractivity contribution in [2.24, 2.45) is 0 Å². The molecule has 8 nitrogen and oxygen atoms in total. The highest BCUT2D eigenvalue weighted by molar-refractivity contribution is 5.95. The lowest BCUT2D eigenvalue weighted by atomic mass is 10.1. The molecule has 0 spiro atoms. The number of benzene rings is 2. The second kappa shape index (κ2) is 9.86. The van der Waals surface area contributed by atoms with Crippen molar-refractivity contribution in [1.29, 1.82) is 0 Å². The Morgan fingerprint density at radius 1 is 0.607 bits per heavy atom. The fraction of sp³-hybridized carbons (Fsp3) is 0.200. The molecule has 0 fully saturated rings. The Morgan fingerprint density at radius 3 is 1.21 bits per heavy atom. The summed E-state index contributed by atoms with van der Waals surface area (Å²) in [6.45, 7) is 0. The molecular weight excluding hydrogens is 368 g/mol. The first-order valence-electron chi connectivity index (χ1n) is 8.15. The zero-order chi connectivity index (χ0) is 20.5. The molecule has 0 heterocycles. The second-order valence-electron chi connectivity index (χ2n) is 5.43. The van der Waals surface area contributed by atoms with Gasteiger partial charge in [-0.3, -0.25) is 0 Å². The number of esters is 4. The van der Waals surface area contributed by atoms with Crippen LogP contribution in [0.3, 0.4) is 0 Å². The van der Waals surface area contributed by atoms with Gasteiger partial charge in [-0.15, -0.1) is 0 Å². The SMILES string of the molecule is COC(=O)[C@@H](OC(=O)c1ccccc1)[C@H](OC(=O)c1ccccc1)C(=O)OC. The molecule has 2 rings (SSSR count). The highest BCUT2D eigenvalue weighted by atomic mass is 16.6. The maximum Gasteiger partial charge on any atom is 0.351 e. The van der Waals surface area contributed by atoms with Crippen LogP contribution in [0.1, 0.15) is 20.7 Å². The molecule has 0 N–H and O–H groups in total.